The van der Waals surface area contributed by atoms with Gasteiger partial charge in [0.15, 0.2) is 17.5 Å². The van der Waals surface area contributed by atoms with Crippen molar-refractivity contribution in [1.82, 2.24) is 10.6 Å². The molecule has 0 bridgehead atoms. The molecule has 2 aromatic rings. The number of hydrogen-bond donors (Lipinski definition) is 2. The van der Waals surface area contributed by atoms with Gasteiger partial charge in [-0.2, -0.15) is 8.78 Å². The van der Waals surface area contributed by atoms with Crippen LogP contribution in [0.3, 0.4) is 0 Å². The Bertz CT molecular complexity index is 917. The number of guanidine groups is 1. The highest BCUT2D eigenvalue weighted by atomic mass is 127. The van der Waals surface area contributed by atoms with Gasteiger partial charge in [0.1, 0.15) is 23.4 Å². The highest BCUT2D eigenvalue weighted by Crippen LogP contribution is 2.38. The fourth-order valence-electron chi connectivity index (χ4n) is 2.90. The van der Waals surface area contributed by atoms with Crippen molar-refractivity contribution in [2.75, 3.05) is 27.5 Å². The quantitative estimate of drug-likeness (QED) is 0.272. The minimum absolute atomic E-state index is 0. The number of nitrogens with one attached hydrogen (secondary N) is 2. The lowest BCUT2D eigenvalue weighted by molar-refractivity contribution is -0.0505. The molecule has 176 valence electrons. The molecule has 1 atom stereocenters. The predicted molar refractivity (Wildman–Crippen MR) is 126 cm³/mol. The Kier molecular flexibility index (Phi) is 9.88. The van der Waals surface area contributed by atoms with Crippen LogP contribution in [-0.4, -0.2) is 46.2 Å². The highest BCUT2D eigenvalue weighted by molar-refractivity contribution is 14.0. The summed E-state index contributed by atoms with van der Waals surface area (Å²) in [5.74, 6) is 2.72. The van der Waals surface area contributed by atoms with Gasteiger partial charge in [-0.1, -0.05) is 6.07 Å². The van der Waals surface area contributed by atoms with E-state index in [1.165, 1.54) is 6.07 Å². The zero-order valence-corrected chi connectivity index (χ0v) is 20.2. The second-order valence-corrected chi connectivity index (χ2v) is 6.61. The number of methoxy groups -OCH3 is 1. The second kappa shape index (κ2) is 12.4. The second-order valence-electron chi connectivity index (χ2n) is 6.61. The summed E-state index contributed by atoms with van der Waals surface area (Å²) in [5.41, 5.74) is 0.480. The largest absolute Gasteiger partial charge is 0.497 e. The summed E-state index contributed by atoms with van der Waals surface area (Å²) in [4.78, 5) is 4.15. The molecule has 2 N–H and O–H groups in total. The monoisotopic (exact) mass is 565 g/mol. The average Bonchev–Trinajstić information content (AvgIpc) is 3.20. The van der Waals surface area contributed by atoms with Crippen LogP contribution in [0, 0.1) is 0 Å². The Labute approximate surface area is 202 Å². The molecule has 2 aromatic carbocycles. The van der Waals surface area contributed by atoms with Crippen LogP contribution < -0.4 is 34.3 Å². The van der Waals surface area contributed by atoms with Gasteiger partial charge in [0, 0.05) is 31.3 Å². The molecule has 0 saturated heterocycles. The number of alkyl halides is 2. The first kappa shape index (κ1) is 25.6. The molecule has 0 spiro atoms. The van der Waals surface area contributed by atoms with Gasteiger partial charge < -0.3 is 34.3 Å². The number of rotatable bonds is 9. The van der Waals surface area contributed by atoms with Gasteiger partial charge >= 0.3 is 6.61 Å². The fourth-order valence-corrected chi connectivity index (χ4v) is 2.90. The summed E-state index contributed by atoms with van der Waals surface area (Å²) in [6, 6.07) is 10.3. The van der Waals surface area contributed by atoms with Crippen molar-refractivity contribution in [2.45, 2.75) is 26.2 Å². The Hall–Kier alpha value is -2.70. The Balaban J connectivity index is 0.00000363. The summed E-state index contributed by atoms with van der Waals surface area (Å²) < 4.78 is 51.8. The fraction of sp³-hybridized carbons (Fsp3) is 0.381. The minimum atomic E-state index is -2.95. The molecule has 1 heterocycles. The maximum Gasteiger partial charge on any atom is 0.387 e. The van der Waals surface area contributed by atoms with Gasteiger partial charge in [-0.05, 0) is 25.1 Å². The van der Waals surface area contributed by atoms with E-state index >= 15 is 0 Å². The number of fused-ring (bicyclic) bond motifs is 1. The maximum absolute atomic E-state index is 12.8. The molecule has 0 amide bonds. The van der Waals surface area contributed by atoms with E-state index in [0.29, 0.717) is 41.1 Å². The maximum atomic E-state index is 12.8. The normalized spacial score (nSPS) is 13.2. The molecule has 1 unspecified atom stereocenters. The SMILES string of the molecule is CN=C(NCc1cc2c(cc1OC(F)F)OCO2)NCC(C)Oc1cccc(OC)c1.I. The molecule has 0 aliphatic carbocycles. The first-order valence-electron chi connectivity index (χ1n) is 9.61. The van der Waals surface area contributed by atoms with Crippen LogP contribution in [0.4, 0.5) is 8.78 Å². The van der Waals surface area contributed by atoms with E-state index in [4.69, 9.17) is 18.9 Å². The molecular weight excluding hydrogens is 539 g/mol. The van der Waals surface area contributed by atoms with Gasteiger partial charge in [-0.25, -0.2) is 0 Å². The lowest BCUT2D eigenvalue weighted by Crippen LogP contribution is -2.41. The van der Waals surface area contributed by atoms with Gasteiger partial charge in [-0.15, -0.1) is 24.0 Å². The van der Waals surface area contributed by atoms with Crippen molar-refractivity contribution in [3.05, 3.63) is 42.0 Å². The molecular formula is C21H26F2IN3O5. The third kappa shape index (κ3) is 7.18. The van der Waals surface area contributed by atoms with Crippen LogP contribution in [0.1, 0.15) is 12.5 Å². The predicted octanol–water partition coefficient (Wildman–Crippen LogP) is 3.78. The van der Waals surface area contributed by atoms with Crippen LogP contribution in [0.25, 0.3) is 0 Å². The molecule has 1 aliphatic heterocycles. The van der Waals surface area contributed by atoms with Gasteiger partial charge in [0.2, 0.25) is 6.79 Å². The topological polar surface area (TPSA) is 82.6 Å². The smallest absolute Gasteiger partial charge is 0.387 e. The number of ether oxygens (including phenoxy) is 5. The zero-order valence-electron chi connectivity index (χ0n) is 17.9. The molecule has 32 heavy (non-hydrogen) atoms. The van der Waals surface area contributed by atoms with Crippen LogP contribution in [-0.2, 0) is 6.54 Å². The lowest BCUT2D eigenvalue weighted by Gasteiger charge is -2.19. The van der Waals surface area contributed by atoms with Crippen LogP contribution >= 0.6 is 24.0 Å². The van der Waals surface area contributed by atoms with Crippen molar-refractivity contribution in [3.63, 3.8) is 0 Å². The molecule has 8 nitrogen and oxygen atoms in total. The van der Waals surface area contributed by atoms with Crippen molar-refractivity contribution in [2.24, 2.45) is 4.99 Å². The van der Waals surface area contributed by atoms with E-state index in [1.54, 1.807) is 26.3 Å². The van der Waals surface area contributed by atoms with Crippen molar-refractivity contribution >= 4 is 29.9 Å². The van der Waals surface area contributed by atoms with Gasteiger partial charge in [0.05, 0.1) is 13.7 Å². The Morgan fingerprint density at radius 2 is 1.81 bits per heavy atom. The first-order chi connectivity index (χ1) is 15.0. The Morgan fingerprint density at radius 1 is 1.09 bits per heavy atom. The van der Waals surface area contributed by atoms with Crippen LogP contribution in [0.2, 0.25) is 0 Å². The summed E-state index contributed by atoms with van der Waals surface area (Å²) in [5, 5.41) is 6.21. The molecule has 0 radical (unpaired) electrons. The number of halogens is 3. The molecule has 3 rings (SSSR count). The Morgan fingerprint density at radius 3 is 2.50 bits per heavy atom. The first-order valence-corrected chi connectivity index (χ1v) is 9.61. The molecule has 1 aliphatic rings. The summed E-state index contributed by atoms with van der Waals surface area (Å²) in [6.45, 7) is -0.366. The summed E-state index contributed by atoms with van der Waals surface area (Å²) >= 11 is 0. The van der Waals surface area contributed by atoms with Crippen molar-refractivity contribution < 1.29 is 32.5 Å². The van der Waals surface area contributed by atoms with Crippen molar-refractivity contribution in [1.29, 1.82) is 0 Å². The molecule has 11 heteroatoms. The van der Waals surface area contributed by atoms with E-state index in [0.717, 1.165) is 0 Å². The van der Waals surface area contributed by atoms with Gasteiger partial charge in [-0.3, -0.25) is 4.99 Å². The number of aliphatic imine (C=N–C) groups is 1. The minimum Gasteiger partial charge on any atom is -0.497 e. The number of hydrogen-bond acceptors (Lipinski definition) is 6. The van der Waals surface area contributed by atoms with E-state index < -0.39 is 6.61 Å². The summed E-state index contributed by atoms with van der Waals surface area (Å²) in [7, 11) is 3.21. The molecule has 0 aromatic heterocycles. The van der Waals surface area contributed by atoms with E-state index in [1.807, 2.05) is 25.1 Å². The van der Waals surface area contributed by atoms with Gasteiger partial charge in [0.25, 0.3) is 0 Å². The van der Waals surface area contributed by atoms with E-state index in [-0.39, 0.29) is 49.2 Å². The molecule has 0 saturated carbocycles. The highest BCUT2D eigenvalue weighted by Gasteiger charge is 2.20. The molecule has 0 fully saturated rings. The summed E-state index contributed by atoms with van der Waals surface area (Å²) in [6.07, 6.45) is -0.172. The number of nitrogens with zero attached hydrogens (tertiary/aromatic N) is 1. The average molecular weight is 565 g/mol. The van der Waals surface area contributed by atoms with Crippen molar-refractivity contribution in [3.8, 4) is 28.7 Å². The zero-order chi connectivity index (χ0) is 22.2. The van der Waals surface area contributed by atoms with E-state index in [9.17, 15) is 8.78 Å². The van der Waals surface area contributed by atoms with E-state index in [2.05, 4.69) is 20.4 Å². The standard InChI is InChI=1S/C21H25F2N3O5.HI/c1-13(30-16-6-4-5-15(8-16)27-3)10-25-21(24-2)26-11-14-7-18-19(29-12-28-18)9-17(14)31-20(22)23;/h4-9,13,20H,10-12H2,1-3H3,(H2,24,25,26);1H. The lowest BCUT2D eigenvalue weighted by atomic mass is 10.1. The third-order valence-corrected chi connectivity index (χ3v) is 4.38. The number of benzene rings is 2. The van der Waals surface area contributed by atoms with Crippen LogP contribution in [0.15, 0.2) is 41.4 Å². The third-order valence-electron chi connectivity index (χ3n) is 4.38. The van der Waals surface area contributed by atoms with Crippen LogP contribution in [0.5, 0.6) is 28.7 Å².